The number of hydrogen-bond acceptors (Lipinski definition) is 18. The normalized spacial score (nSPS) is 49.0. The Balaban J connectivity index is 0.985. The van der Waals surface area contributed by atoms with Crippen molar-refractivity contribution < 1.29 is 89.1 Å². The summed E-state index contributed by atoms with van der Waals surface area (Å²) in [7, 11) is 0. The SMILES string of the molecule is C/C(C(=O)CC[C@H](C)CO[C@@H]1O[C@H](CO)[C@@H](O)[C@H](O)[C@H]1O)=C1/C(=O)C[C@@H]2[C@H]3CC=C4C[C@@H](O[C@@H]5O[C@H](CO)[C@@H](O)[C@H](O)[C@H]5O[C@@H]5O[C@@H](C)[C@H](O)[C@@H](O)[C@H]5O)CC[C@]4(C)[C@@H]3CC[C@]12C. The Bertz CT molecular complexity index is 1700. The molecule has 0 radical (unpaired) electrons. The van der Waals surface area contributed by atoms with Crippen LogP contribution in [0.4, 0.5) is 0 Å². The summed E-state index contributed by atoms with van der Waals surface area (Å²) in [4.78, 5) is 27.7. The molecular formula is C45H70O18. The fraction of sp³-hybridized carbons (Fsp3) is 0.867. The number of ketones is 2. The Morgan fingerprint density at radius 2 is 1.38 bits per heavy atom. The van der Waals surface area contributed by atoms with Crippen molar-refractivity contribution in [2.45, 2.75) is 191 Å². The Morgan fingerprint density at radius 3 is 2.06 bits per heavy atom. The van der Waals surface area contributed by atoms with Crippen molar-refractivity contribution >= 4 is 11.6 Å². The highest BCUT2D eigenvalue weighted by Gasteiger charge is 2.60. The molecule has 3 aliphatic heterocycles. The van der Waals surface area contributed by atoms with Gasteiger partial charge in [0, 0.05) is 18.4 Å². The second kappa shape index (κ2) is 19.4. The number of ether oxygens (including phenoxy) is 6. The maximum absolute atomic E-state index is 13.9. The van der Waals surface area contributed by atoms with Gasteiger partial charge < -0.3 is 79.5 Å². The Morgan fingerprint density at radius 1 is 0.762 bits per heavy atom. The van der Waals surface area contributed by atoms with E-state index >= 15 is 0 Å². The average Bonchev–Trinajstić information content (AvgIpc) is 3.54. The molecule has 0 aromatic rings. The molecule has 0 bridgehead atoms. The van der Waals surface area contributed by atoms with Gasteiger partial charge in [-0.2, -0.15) is 0 Å². The summed E-state index contributed by atoms with van der Waals surface area (Å²) in [6.45, 7) is 8.48. The molecule has 7 rings (SSSR count). The van der Waals surface area contributed by atoms with E-state index in [9.17, 15) is 60.7 Å². The van der Waals surface area contributed by atoms with E-state index in [-0.39, 0.29) is 53.7 Å². The molecule has 0 amide bonds. The van der Waals surface area contributed by atoms with Crippen molar-refractivity contribution in [3.05, 3.63) is 22.8 Å². The number of carbonyl (C=O) groups excluding carboxylic acids is 2. The summed E-state index contributed by atoms with van der Waals surface area (Å²) < 4.78 is 35.1. The molecule has 3 saturated carbocycles. The first-order valence-electron chi connectivity index (χ1n) is 22.8. The number of allylic oxidation sites excluding steroid dienone is 3. The zero-order valence-electron chi connectivity index (χ0n) is 36.8. The molecule has 0 aromatic carbocycles. The molecule has 3 heterocycles. The van der Waals surface area contributed by atoms with E-state index < -0.39 is 117 Å². The van der Waals surface area contributed by atoms with Gasteiger partial charge in [-0.3, -0.25) is 9.59 Å². The van der Waals surface area contributed by atoms with Crippen LogP contribution in [0.25, 0.3) is 0 Å². The van der Waals surface area contributed by atoms with E-state index in [0.29, 0.717) is 36.8 Å². The van der Waals surface area contributed by atoms with E-state index in [1.807, 2.05) is 6.92 Å². The summed E-state index contributed by atoms with van der Waals surface area (Å²) in [5.41, 5.74) is 1.73. The second-order valence-electron chi connectivity index (χ2n) is 19.9. The molecule has 358 valence electrons. The average molecular weight is 899 g/mol. The van der Waals surface area contributed by atoms with Crippen molar-refractivity contribution in [2.24, 2.45) is 34.5 Å². The molecule has 4 aliphatic carbocycles. The highest BCUT2D eigenvalue weighted by atomic mass is 16.8. The predicted octanol–water partition coefficient (Wildman–Crippen LogP) is -0.716. The molecule has 7 aliphatic rings. The molecule has 0 spiro atoms. The lowest BCUT2D eigenvalue weighted by Gasteiger charge is -2.57. The molecular weight excluding hydrogens is 828 g/mol. The molecule has 6 fully saturated rings. The van der Waals surface area contributed by atoms with E-state index in [1.165, 1.54) is 12.5 Å². The largest absolute Gasteiger partial charge is 0.394 e. The van der Waals surface area contributed by atoms with Gasteiger partial charge in [0.15, 0.2) is 30.4 Å². The minimum absolute atomic E-state index is 0.0223. The van der Waals surface area contributed by atoms with Crippen LogP contribution in [0.5, 0.6) is 0 Å². The summed E-state index contributed by atoms with van der Waals surface area (Å²) in [5.74, 6) is 0.340. The highest BCUT2D eigenvalue weighted by molar-refractivity contribution is 6.08. The van der Waals surface area contributed by atoms with Crippen LogP contribution in [0.15, 0.2) is 22.8 Å². The third-order valence-electron chi connectivity index (χ3n) is 16.0. The zero-order chi connectivity index (χ0) is 45.9. The van der Waals surface area contributed by atoms with Crippen LogP contribution in [0, 0.1) is 34.5 Å². The number of aliphatic hydroxyl groups excluding tert-OH is 10. The lowest BCUT2D eigenvalue weighted by molar-refractivity contribution is -0.369. The summed E-state index contributed by atoms with van der Waals surface area (Å²) >= 11 is 0. The topological polar surface area (TPSA) is 292 Å². The van der Waals surface area contributed by atoms with Crippen LogP contribution in [0.2, 0.25) is 0 Å². The van der Waals surface area contributed by atoms with Crippen LogP contribution >= 0.6 is 0 Å². The lowest BCUT2D eigenvalue weighted by atomic mass is 9.47. The van der Waals surface area contributed by atoms with Crippen LogP contribution in [-0.4, -0.2) is 181 Å². The van der Waals surface area contributed by atoms with Gasteiger partial charge in [0.05, 0.1) is 32.0 Å². The standard InChI is InChI=1S/C45H70O18/c1-19(18-58-41-38(56)36(54)33(51)29(16-46)61-41)6-9-27(48)20(2)31-28(49)15-26-24-8-7-22-14-23(10-12-44(22,4)25(24)11-13-45(26,31)5)60-43-40(37(55)34(52)30(17-47)62-43)63-42-39(57)35(53)32(50)21(3)59-42/h7,19,21,23-26,29-30,32-43,46-47,50-57H,6,8-18H2,1-5H3/b31-20+/t19-,21-,23-,24-,25+,26+,29+,30+,32-,33+,34+,35+,36-,37-,38+,39+,40+,41+,42-,43+,44-,45-/m0/s1. The van der Waals surface area contributed by atoms with Crippen molar-refractivity contribution in [1.82, 2.24) is 0 Å². The first kappa shape index (κ1) is 49.1. The third-order valence-corrected chi connectivity index (χ3v) is 16.0. The molecule has 0 aromatic heterocycles. The van der Waals surface area contributed by atoms with Crippen molar-refractivity contribution in [3.8, 4) is 0 Å². The predicted molar refractivity (Wildman–Crippen MR) is 218 cm³/mol. The van der Waals surface area contributed by atoms with Gasteiger partial charge in [-0.1, -0.05) is 32.4 Å². The maximum atomic E-state index is 13.9. The van der Waals surface area contributed by atoms with Crippen molar-refractivity contribution in [2.75, 3.05) is 19.8 Å². The van der Waals surface area contributed by atoms with Crippen LogP contribution in [-0.2, 0) is 38.0 Å². The molecule has 3 saturated heterocycles. The Labute approximate surface area is 367 Å². The van der Waals surface area contributed by atoms with E-state index in [4.69, 9.17) is 28.4 Å². The quantitative estimate of drug-likeness (QED) is 0.0807. The number of carbonyl (C=O) groups is 2. The molecule has 0 unspecified atom stereocenters. The summed E-state index contributed by atoms with van der Waals surface area (Å²) in [6.07, 6.45) is -13.8. The van der Waals surface area contributed by atoms with E-state index in [1.54, 1.807) is 6.92 Å². The van der Waals surface area contributed by atoms with E-state index in [2.05, 4.69) is 19.9 Å². The van der Waals surface area contributed by atoms with Gasteiger partial charge in [0.2, 0.25) is 0 Å². The van der Waals surface area contributed by atoms with Gasteiger partial charge in [0.25, 0.3) is 0 Å². The van der Waals surface area contributed by atoms with Gasteiger partial charge >= 0.3 is 0 Å². The number of fused-ring (bicyclic) bond motifs is 5. The minimum Gasteiger partial charge on any atom is -0.394 e. The minimum atomic E-state index is -1.67. The van der Waals surface area contributed by atoms with Crippen LogP contribution < -0.4 is 0 Å². The molecule has 18 nitrogen and oxygen atoms in total. The van der Waals surface area contributed by atoms with E-state index in [0.717, 1.165) is 25.7 Å². The first-order valence-corrected chi connectivity index (χ1v) is 22.8. The Kier molecular flexibility index (Phi) is 15.1. The third kappa shape index (κ3) is 9.15. The smallest absolute Gasteiger partial charge is 0.187 e. The van der Waals surface area contributed by atoms with Crippen LogP contribution in [0.3, 0.4) is 0 Å². The van der Waals surface area contributed by atoms with Gasteiger partial charge in [0.1, 0.15) is 67.1 Å². The van der Waals surface area contributed by atoms with Crippen LogP contribution in [0.1, 0.15) is 92.4 Å². The van der Waals surface area contributed by atoms with Gasteiger partial charge in [-0.15, -0.1) is 0 Å². The van der Waals surface area contributed by atoms with Gasteiger partial charge in [-0.25, -0.2) is 0 Å². The lowest BCUT2D eigenvalue weighted by Crippen LogP contribution is -2.64. The van der Waals surface area contributed by atoms with Gasteiger partial charge in [-0.05, 0) is 98.9 Å². The summed E-state index contributed by atoms with van der Waals surface area (Å²) in [5, 5.41) is 103. The monoisotopic (exact) mass is 898 g/mol. The van der Waals surface area contributed by atoms with Crippen molar-refractivity contribution in [3.63, 3.8) is 0 Å². The van der Waals surface area contributed by atoms with Crippen molar-refractivity contribution in [1.29, 1.82) is 0 Å². The molecule has 18 heteroatoms. The first-order chi connectivity index (χ1) is 29.7. The number of rotatable bonds is 13. The zero-order valence-corrected chi connectivity index (χ0v) is 36.8. The molecule has 63 heavy (non-hydrogen) atoms. The number of hydrogen-bond donors (Lipinski definition) is 10. The Hall–Kier alpha value is -1.82. The number of Topliss-reactive ketones (excluding diaryl/α,β-unsaturated/α-hetero) is 2. The summed E-state index contributed by atoms with van der Waals surface area (Å²) in [6, 6.07) is 0. The fourth-order valence-electron chi connectivity index (χ4n) is 12.0. The maximum Gasteiger partial charge on any atom is 0.187 e. The molecule has 10 N–H and O–H groups in total. The highest BCUT2D eigenvalue weighted by Crippen LogP contribution is 2.66. The fourth-order valence-corrected chi connectivity index (χ4v) is 12.0. The second-order valence-corrected chi connectivity index (χ2v) is 19.9. The molecule has 22 atom stereocenters. The number of aliphatic hydroxyl groups is 10.